The van der Waals surface area contributed by atoms with Gasteiger partial charge in [-0.2, -0.15) is 9.61 Å². The highest BCUT2D eigenvalue weighted by Gasteiger charge is 2.27. The standard InChI is InChI=1S/C23H29N5O3/c1-6-10-27(11-9-24-30-5)23-19-13-31-14-20(19)25-22-21(16(3)26-28(22)23)18-8-7-17(29-4)12-15(18)2/h7-9,12H,6,10-11,13-14H2,1-5H3. The van der Waals surface area contributed by atoms with Crippen LogP contribution in [0.5, 0.6) is 5.75 Å². The summed E-state index contributed by atoms with van der Waals surface area (Å²) in [5.41, 5.74) is 7.11. The molecule has 8 heteroatoms. The first-order valence-electron chi connectivity index (χ1n) is 10.5. The van der Waals surface area contributed by atoms with Crippen LogP contribution in [-0.2, 0) is 22.8 Å². The second kappa shape index (κ2) is 8.93. The number of rotatable bonds is 8. The Bertz CT molecular complexity index is 1120. The fourth-order valence-corrected chi connectivity index (χ4v) is 4.18. The quantitative estimate of drug-likeness (QED) is 0.404. The Kier molecular flexibility index (Phi) is 6.08. The molecule has 1 aromatic carbocycles. The van der Waals surface area contributed by atoms with E-state index in [9.17, 15) is 0 Å². The van der Waals surface area contributed by atoms with Crippen molar-refractivity contribution in [2.45, 2.75) is 40.4 Å². The zero-order valence-electron chi connectivity index (χ0n) is 18.8. The van der Waals surface area contributed by atoms with Gasteiger partial charge in [-0.1, -0.05) is 18.1 Å². The van der Waals surface area contributed by atoms with Crippen LogP contribution in [0.3, 0.4) is 0 Å². The van der Waals surface area contributed by atoms with Gasteiger partial charge in [-0.25, -0.2) is 4.98 Å². The van der Waals surface area contributed by atoms with E-state index in [0.29, 0.717) is 19.8 Å². The van der Waals surface area contributed by atoms with Crippen LogP contribution in [0.2, 0.25) is 0 Å². The maximum Gasteiger partial charge on any atom is 0.165 e. The van der Waals surface area contributed by atoms with Crippen molar-refractivity contribution in [1.82, 2.24) is 14.6 Å². The minimum Gasteiger partial charge on any atom is -0.497 e. The third-order valence-electron chi connectivity index (χ3n) is 5.56. The van der Waals surface area contributed by atoms with Crippen molar-refractivity contribution in [2.24, 2.45) is 5.16 Å². The summed E-state index contributed by atoms with van der Waals surface area (Å²) in [5.74, 6) is 1.85. The van der Waals surface area contributed by atoms with Crippen LogP contribution in [0.1, 0.15) is 35.9 Å². The van der Waals surface area contributed by atoms with E-state index in [0.717, 1.165) is 63.8 Å². The van der Waals surface area contributed by atoms with E-state index in [1.54, 1.807) is 20.4 Å². The lowest BCUT2D eigenvalue weighted by molar-refractivity contribution is 0.133. The Labute approximate surface area is 182 Å². The monoisotopic (exact) mass is 423 g/mol. The van der Waals surface area contributed by atoms with Crippen LogP contribution in [0.4, 0.5) is 5.82 Å². The molecule has 2 aromatic heterocycles. The molecule has 3 heterocycles. The molecule has 164 valence electrons. The predicted octanol–water partition coefficient (Wildman–Crippen LogP) is 3.90. The van der Waals surface area contributed by atoms with Gasteiger partial charge in [-0.3, -0.25) is 0 Å². The van der Waals surface area contributed by atoms with Crippen LogP contribution in [0.25, 0.3) is 16.8 Å². The summed E-state index contributed by atoms with van der Waals surface area (Å²) in [7, 11) is 3.23. The Morgan fingerprint density at radius 2 is 2.10 bits per heavy atom. The van der Waals surface area contributed by atoms with E-state index in [4.69, 9.17) is 24.4 Å². The number of aryl methyl sites for hydroxylation is 2. The lowest BCUT2D eigenvalue weighted by Gasteiger charge is -2.25. The predicted molar refractivity (Wildman–Crippen MR) is 121 cm³/mol. The number of aromatic nitrogens is 3. The molecule has 4 rings (SSSR count). The van der Waals surface area contributed by atoms with Gasteiger partial charge in [0.05, 0.1) is 44.5 Å². The van der Waals surface area contributed by atoms with Gasteiger partial charge in [-0.05, 0) is 43.5 Å². The van der Waals surface area contributed by atoms with Gasteiger partial charge in [0.1, 0.15) is 18.7 Å². The summed E-state index contributed by atoms with van der Waals surface area (Å²) in [6.45, 7) is 8.80. The largest absolute Gasteiger partial charge is 0.497 e. The molecule has 0 unspecified atom stereocenters. The minimum atomic E-state index is 0.510. The van der Waals surface area contributed by atoms with E-state index < -0.39 is 0 Å². The number of ether oxygens (including phenoxy) is 2. The molecular formula is C23H29N5O3. The van der Waals surface area contributed by atoms with Crippen molar-refractivity contribution in [3.8, 4) is 16.9 Å². The number of nitrogens with zero attached hydrogens (tertiary/aromatic N) is 5. The van der Waals surface area contributed by atoms with Crippen molar-refractivity contribution in [3.05, 3.63) is 40.7 Å². The van der Waals surface area contributed by atoms with Crippen molar-refractivity contribution in [2.75, 3.05) is 32.2 Å². The molecule has 0 aliphatic carbocycles. The second-order valence-corrected chi connectivity index (χ2v) is 7.65. The molecule has 3 aromatic rings. The molecule has 31 heavy (non-hydrogen) atoms. The van der Waals surface area contributed by atoms with E-state index in [1.165, 1.54) is 0 Å². The highest BCUT2D eigenvalue weighted by Crippen LogP contribution is 2.37. The van der Waals surface area contributed by atoms with E-state index in [1.807, 2.05) is 23.6 Å². The number of hydrogen-bond acceptors (Lipinski definition) is 7. The molecule has 0 saturated carbocycles. The van der Waals surface area contributed by atoms with Crippen LogP contribution in [-0.4, -0.2) is 48.1 Å². The molecule has 0 N–H and O–H groups in total. The summed E-state index contributed by atoms with van der Waals surface area (Å²) < 4.78 is 13.1. The first-order chi connectivity index (χ1) is 15.1. The SMILES string of the molecule is CCCN(CC=NOC)c1c2c(nc3c(-c4ccc(OC)cc4C)c(C)nn13)COC2. The number of methoxy groups -OCH3 is 1. The Hall–Kier alpha value is -3.13. The van der Waals surface area contributed by atoms with Crippen LogP contribution in [0.15, 0.2) is 23.4 Å². The van der Waals surface area contributed by atoms with Crippen LogP contribution >= 0.6 is 0 Å². The molecule has 0 fully saturated rings. The molecule has 0 amide bonds. The molecule has 0 saturated heterocycles. The molecular weight excluding hydrogens is 394 g/mol. The van der Waals surface area contributed by atoms with Gasteiger partial charge >= 0.3 is 0 Å². The highest BCUT2D eigenvalue weighted by atomic mass is 16.6. The van der Waals surface area contributed by atoms with Crippen molar-refractivity contribution in [1.29, 1.82) is 0 Å². The summed E-state index contributed by atoms with van der Waals surface area (Å²) in [6.07, 6.45) is 2.76. The number of anilines is 1. The van der Waals surface area contributed by atoms with Gasteiger partial charge in [0.2, 0.25) is 0 Å². The maximum atomic E-state index is 5.77. The molecule has 0 atom stereocenters. The Morgan fingerprint density at radius 3 is 2.81 bits per heavy atom. The number of hydrogen-bond donors (Lipinski definition) is 0. The van der Waals surface area contributed by atoms with Crippen molar-refractivity contribution >= 4 is 17.7 Å². The summed E-state index contributed by atoms with van der Waals surface area (Å²) >= 11 is 0. The third-order valence-corrected chi connectivity index (χ3v) is 5.56. The normalized spacial score (nSPS) is 13.2. The fourth-order valence-electron chi connectivity index (χ4n) is 4.18. The maximum absolute atomic E-state index is 5.77. The number of oxime groups is 1. The smallest absolute Gasteiger partial charge is 0.165 e. The average molecular weight is 424 g/mol. The van der Waals surface area contributed by atoms with Gasteiger partial charge in [-0.15, -0.1) is 0 Å². The molecule has 1 aliphatic heterocycles. The first-order valence-corrected chi connectivity index (χ1v) is 10.5. The highest BCUT2D eigenvalue weighted by molar-refractivity contribution is 5.84. The molecule has 0 bridgehead atoms. The lowest BCUT2D eigenvalue weighted by Crippen LogP contribution is -2.30. The van der Waals surface area contributed by atoms with Crippen LogP contribution < -0.4 is 9.64 Å². The minimum absolute atomic E-state index is 0.510. The molecule has 0 spiro atoms. The van der Waals surface area contributed by atoms with Crippen molar-refractivity contribution < 1.29 is 14.3 Å². The summed E-state index contributed by atoms with van der Waals surface area (Å²) in [4.78, 5) is 12.1. The van der Waals surface area contributed by atoms with E-state index >= 15 is 0 Å². The molecule has 0 radical (unpaired) electrons. The average Bonchev–Trinajstić information content (AvgIpc) is 3.35. The Balaban J connectivity index is 1.94. The fraction of sp³-hybridized carbons (Fsp3) is 0.435. The van der Waals surface area contributed by atoms with Gasteiger partial charge in [0, 0.05) is 17.7 Å². The zero-order chi connectivity index (χ0) is 22.0. The van der Waals surface area contributed by atoms with Gasteiger partial charge < -0.3 is 19.2 Å². The van der Waals surface area contributed by atoms with E-state index in [-0.39, 0.29) is 0 Å². The van der Waals surface area contributed by atoms with Crippen molar-refractivity contribution in [3.63, 3.8) is 0 Å². The molecule has 8 nitrogen and oxygen atoms in total. The summed E-state index contributed by atoms with van der Waals surface area (Å²) in [5, 5.41) is 8.87. The number of fused-ring (bicyclic) bond motifs is 2. The lowest BCUT2D eigenvalue weighted by atomic mass is 10.0. The van der Waals surface area contributed by atoms with Gasteiger partial charge in [0.15, 0.2) is 5.65 Å². The first kappa shape index (κ1) is 21.1. The van der Waals surface area contributed by atoms with Gasteiger partial charge in [0.25, 0.3) is 0 Å². The molecule has 1 aliphatic rings. The topological polar surface area (TPSA) is 73.5 Å². The number of benzene rings is 1. The second-order valence-electron chi connectivity index (χ2n) is 7.65. The summed E-state index contributed by atoms with van der Waals surface area (Å²) in [6, 6.07) is 6.10. The third kappa shape index (κ3) is 3.83. The Morgan fingerprint density at radius 1 is 1.26 bits per heavy atom. The zero-order valence-corrected chi connectivity index (χ0v) is 18.8. The van der Waals surface area contributed by atoms with Crippen LogP contribution in [0, 0.1) is 13.8 Å². The van der Waals surface area contributed by atoms with E-state index in [2.05, 4.69) is 30.0 Å².